The van der Waals surface area contributed by atoms with Gasteiger partial charge in [-0.05, 0) is 91.5 Å². The van der Waals surface area contributed by atoms with E-state index in [1.165, 1.54) is 12.3 Å². The van der Waals surface area contributed by atoms with Crippen LogP contribution in [0.15, 0.2) is 42.3 Å². The van der Waals surface area contributed by atoms with E-state index in [0.29, 0.717) is 43.1 Å². The maximum absolute atomic E-state index is 13.5. The van der Waals surface area contributed by atoms with Crippen LogP contribution >= 0.6 is 11.8 Å². The van der Waals surface area contributed by atoms with E-state index in [9.17, 15) is 23.5 Å². The summed E-state index contributed by atoms with van der Waals surface area (Å²) in [5.74, 6) is -1.31. The lowest BCUT2D eigenvalue weighted by atomic mass is 9.47. The van der Waals surface area contributed by atoms with E-state index in [0.717, 1.165) is 29.7 Å². The highest BCUT2D eigenvalue weighted by atomic mass is 32.2. The van der Waals surface area contributed by atoms with Crippen molar-refractivity contribution in [3.8, 4) is 5.69 Å². The molecule has 0 unspecified atom stereocenters. The first-order valence-corrected chi connectivity index (χ1v) is 15.3. The smallest absolute Gasteiger partial charge is 0.309 e. The summed E-state index contributed by atoms with van der Waals surface area (Å²) < 4.78 is 34.8. The van der Waals surface area contributed by atoms with Crippen LogP contribution < -0.4 is 0 Å². The van der Waals surface area contributed by atoms with Crippen molar-refractivity contribution in [3.05, 3.63) is 59.5 Å². The fourth-order valence-corrected chi connectivity index (χ4v) is 9.32. The minimum Gasteiger partial charge on any atom is -0.449 e. The van der Waals surface area contributed by atoms with Gasteiger partial charge < -0.3 is 9.84 Å². The molecule has 2 heterocycles. The number of esters is 1. The molecule has 0 radical (unpaired) electrons. The minimum absolute atomic E-state index is 0.0175. The average molecular weight is 582 g/mol. The number of pyridine rings is 1. The van der Waals surface area contributed by atoms with Gasteiger partial charge in [-0.1, -0.05) is 26.0 Å². The molecule has 41 heavy (non-hydrogen) atoms. The van der Waals surface area contributed by atoms with Gasteiger partial charge in [0.2, 0.25) is 11.1 Å². The first-order valence-electron chi connectivity index (χ1n) is 14.3. The third kappa shape index (κ3) is 3.85. The third-order valence-electron chi connectivity index (χ3n) is 10.8. The summed E-state index contributed by atoms with van der Waals surface area (Å²) in [4.78, 5) is 30.3. The predicted octanol–water partition coefficient (Wildman–Crippen LogP) is 5.21. The van der Waals surface area contributed by atoms with Gasteiger partial charge >= 0.3 is 5.97 Å². The van der Waals surface area contributed by atoms with E-state index in [-0.39, 0.29) is 29.6 Å². The zero-order valence-corrected chi connectivity index (χ0v) is 23.9. The first-order chi connectivity index (χ1) is 19.6. The summed E-state index contributed by atoms with van der Waals surface area (Å²) in [6.07, 6.45) is 12.3. The van der Waals surface area contributed by atoms with Crippen molar-refractivity contribution < 1.29 is 28.2 Å². The molecule has 7 nitrogen and oxygen atoms in total. The predicted molar refractivity (Wildman–Crippen MR) is 149 cm³/mol. The van der Waals surface area contributed by atoms with E-state index < -0.39 is 39.6 Å². The Bertz CT molecular complexity index is 1490. The van der Waals surface area contributed by atoms with Crippen molar-refractivity contribution in [1.82, 2.24) is 14.8 Å². The number of rotatable bonds is 5. The molecule has 7 rings (SSSR count). The highest BCUT2D eigenvalue weighted by Crippen LogP contribution is 2.67. The van der Waals surface area contributed by atoms with Gasteiger partial charge in [0.25, 0.3) is 0 Å². The number of thioether (sulfide) groups is 1. The molecule has 3 saturated carbocycles. The van der Waals surface area contributed by atoms with Gasteiger partial charge in [0.1, 0.15) is 6.01 Å². The van der Waals surface area contributed by atoms with E-state index in [4.69, 9.17) is 4.74 Å². The van der Waals surface area contributed by atoms with Crippen LogP contribution in [-0.2, 0) is 20.7 Å². The van der Waals surface area contributed by atoms with Gasteiger partial charge in [0.15, 0.2) is 5.60 Å². The van der Waals surface area contributed by atoms with Crippen LogP contribution in [0.25, 0.3) is 11.8 Å². The van der Waals surface area contributed by atoms with Gasteiger partial charge in [-0.2, -0.15) is 9.49 Å². The number of halogens is 2. The van der Waals surface area contributed by atoms with Gasteiger partial charge in [0, 0.05) is 16.7 Å². The van der Waals surface area contributed by atoms with Gasteiger partial charge in [-0.25, -0.2) is 14.1 Å². The second-order valence-corrected chi connectivity index (χ2v) is 13.7. The second kappa shape index (κ2) is 9.33. The number of hydrogen-bond acceptors (Lipinski definition) is 7. The molecule has 5 aliphatic carbocycles. The Balaban J connectivity index is 1.26. The quantitative estimate of drug-likeness (QED) is 0.383. The molecule has 0 spiro atoms. The molecule has 0 aliphatic heterocycles. The van der Waals surface area contributed by atoms with Crippen LogP contribution in [0.1, 0.15) is 57.2 Å². The van der Waals surface area contributed by atoms with Gasteiger partial charge in [-0.3, -0.25) is 9.59 Å². The Morgan fingerprint density at radius 2 is 2.02 bits per heavy atom. The fourth-order valence-electron chi connectivity index (χ4n) is 8.61. The summed E-state index contributed by atoms with van der Waals surface area (Å²) in [6.45, 7) is 4.15. The standard InChI is InChI=1S/C31H33F2N3O4S/c1-29-12-18-14-35-36(20-6-8-25(33)34-15-20)23(18)11-19(29)5-7-21-22-9-10-31(28(39)41-16-32,40-27(38)17-3-4-17)30(22,2)13-24(37)26(21)29/h5-8,11,14-15,17,21-22,24,26,37H,3-4,9-10,12-13,16H2,1-2H3/t21-,22-,24-,26+,29-,30-,31-/m0/s1. The van der Waals surface area contributed by atoms with Crippen molar-refractivity contribution in [3.63, 3.8) is 0 Å². The number of aromatic nitrogens is 3. The number of ether oxygens (including phenoxy) is 1. The number of hydrogen-bond donors (Lipinski definition) is 1. The Kier molecular flexibility index (Phi) is 6.14. The number of allylic oxidation sites excluding steroid dienone is 3. The summed E-state index contributed by atoms with van der Waals surface area (Å²) in [5.41, 5.74) is 1.02. The minimum atomic E-state index is -1.45. The number of aliphatic hydroxyl groups is 1. The maximum atomic E-state index is 13.5. The molecule has 2 aromatic heterocycles. The van der Waals surface area contributed by atoms with Crippen LogP contribution in [0, 0.1) is 40.4 Å². The molecule has 0 aromatic carbocycles. The SMILES string of the molecule is C[C@]12Cc3cnn(-c4ccc(F)nc4)c3C=C1C=C[C@@H]1[C@@H]2[C@@H](O)C[C@@]2(C)[C@H]1CC[C@]2(OC(=O)C1CC1)C(=O)SCF. The first kappa shape index (κ1) is 27.0. The number of aliphatic hydroxyl groups excluding tert-OH is 1. The van der Waals surface area contributed by atoms with Crippen molar-refractivity contribution in [2.75, 3.05) is 6.01 Å². The number of carbonyl (C=O) groups is 2. The molecule has 0 saturated heterocycles. The maximum Gasteiger partial charge on any atom is 0.309 e. The fraction of sp³-hybridized carbons (Fsp3) is 0.548. The lowest BCUT2D eigenvalue weighted by Crippen LogP contribution is -2.62. The Labute approximate surface area is 241 Å². The van der Waals surface area contributed by atoms with E-state index in [1.807, 2.05) is 13.1 Å². The monoisotopic (exact) mass is 581 g/mol. The van der Waals surface area contributed by atoms with E-state index in [1.54, 1.807) is 10.7 Å². The van der Waals surface area contributed by atoms with Crippen molar-refractivity contribution in [2.45, 2.75) is 64.1 Å². The number of alkyl halides is 1. The van der Waals surface area contributed by atoms with Crippen LogP contribution in [-0.4, -0.2) is 48.7 Å². The molecule has 7 atom stereocenters. The second-order valence-electron chi connectivity index (χ2n) is 12.9. The highest BCUT2D eigenvalue weighted by Gasteiger charge is 2.70. The summed E-state index contributed by atoms with van der Waals surface area (Å²) in [6, 6.07) is 2.07. The Morgan fingerprint density at radius 1 is 1.22 bits per heavy atom. The van der Waals surface area contributed by atoms with Crippen LogP contribution in [0.2, 0.25) is 0 Å². The molecule has 2 aromatic rings. The zero-order chi connectivity index (χ0) is 28.7. The summed E-state index contributed by atoms with van der Waals surface area (Å²) in [7, 11) is 0. The molecule has 0 amide bonds. The molecule has 3 fully saturated rings. The van der Waals surface area contributed by atoms with Crippen molar-refractivity contribution in [2.24, 2.45) is 34.5 Å². The third-order valence-corrected chi connectivity index (χ3v) is 11.5. The van der Waals surface area contributed by atoms with Crippen molar-refractivity contribution >= 4 is 28.9 Å². The van der Waals surface area contributed by atoms with Gasteiger partial charge in [-0.15, -0.1) is 0 Å². The molecule has 5 aliphatic rings. The van der Waals surface area contributed by atoms with E-state index in [2.05, 4.69) is 35.2 Å². The zero-order valence-electron chi connectivity index (χ0n) is 23.1. The normalized spacial score (nSPS) is 37.0. The van der Waals surface area contributed by atoms with Gasteiger partial charge in [0.05, 0.1) is 35.8 Å². The van der Waals surface area contributed by atoms with E-state index >= 15 is 0 Å². The van der Waals surface area contributed by atoms with Crippen LogP contribution in [0.4, 0.5) is 8.78 Å². The average Bonchev–Trinajstić information content (AvgIpc) is 3.65. The molecule has 1 N–H and O–H groups in total. The Morgan fingerprint density at radius 3 is 2.73 bits per heavy atom. The number of fused-ring (bicyclic) bond motifs is 6. The molecule has 0 bridgehead atoms. The molecular formula is C31H33F2N3O4S. The number of nitrogens with zero attached hydrogens (tertiary/aromatic N) is 3. The lowest BCUT2D eigenvalue weighted by molar-refractivity contribution is -0.192. The molecular weight excluding hydrogens is 548 g/mol. The summed E-state index contributed by atoms with van der Waals surface area (Å²) in [5, 5.41) is 16.1. The largest absolute Gasteiger partial charge is 0.449 e. The Hall–Kier alpha value is -2.85. The van der Waals surface area contributed by atoms with Crippen molar-refractivity contribution in [1.29, 1.82) is 0 Å². The number of carbonyl (C=O) groups excluding carboxylic acids is 2. The topological polar surface area (TPSA) is 94.3 Å². The van der Waals surface area contributed by atoms with Crippen LogP contribution in [0.3, 0.4) is 0 Å². The highest BCUT2D eigenvalue weighted by molar-refractivity contribution is 8.13. The molecule has 10 heteroatoms. The molecule has 216 valence electrons. The summed E-state index contributed by atoms with van der Waals surface area (Å²) >= 11 is 0.571. The van der Waals surface area contributed by atoms with Crippen LogP contribution in [0.5, 0.6) is 0 Å². The lowest BCUT2D eigenvalue weighted by Gasteiger charge is -2.59.